The summed E-state index contributed by atoms with van der Waals surface area (Å²) in [6, 6.07) is 1.79. The van der Waals surface area contributed by atoms with Gasteiger partial charge in [0.2, 0.25) is 0 Å². The molecule has 0 aromatic carbocycles. The van der Waals surface area contributed by atoms with E-state index in [1.54, 1.807) is 0 Å². The molecular formula is C11H12Cl2N2O. The summed E-state index contributed by atoms with van der Waals surface area (Å²) in [5, 5.41) is 3.65. The molecule has 0 spiro atoms. The Labute approximate surface area is 104 Å². The highest BCUT2D eigenvalue weighted by molar-refractivity contribution is 6.36. The molecule has 1 aromatic rings. The van der Waals surface area contributed by atoms with E-state index in [2.05, 4.69) is 10.3 Å². The molecule has 0 saturated heterocycles. The minimum absolute atomic E-state index is 0.214. The van der Waals surface area contributed by atoms with Crippen molar-refractivity contribution in [1.29, 1.82) is 0 Å². The maximum Gasteiger partial charge on any atom is 0.271 e. The monoisotopic (exact) mass is 258 g/mol. The second kappa shape index (κ2) is 5.02. The molecule has 1 aliphatic carbocycles. The highest BCUT2D eigenvalue weighted by Gasteiger charge is 2.20. The van der Waals surface area contributed by atoms with Gasteiger partial charge in [-0.2, -0.15) is 0 Å². The Kier molecular flexibility index (Phi) is 3.66. The van der Waals surface area contributed by atoms with Crippen LogP contribution < -0.4 is 5.32 Å². The lowest BCUT2D eigenvalue weighted by molar-refractivity contribution is 0.0933. The average molecular weight is 259 g/mol. The number of hydrogen-bond acceptors (Lipinski definition) is 2. The van der Waals surface area contributed by atoms with Crippen molar-refractivity contribution in [2.75, 3.05) is 0 Å². The highest BCUT2D eigenvalue weighted by Crippen LogP contribution is 2.21. The summed E-state index contributed by atoms with van der Waals surface area (Å²) in [5.41, 5.74) is 0.248. The Balaban J connectivity index is 2.08. The predicted octanol–water partition coefficient (Wildman–Crippen LogP) is 3.06. The number of nitrogens with zero attached hydrogens (tertiary/aromatic N) is 1. The van der Waals surface area contributed by atoms with Crippen LogP contribution in [0.25, 0.3) is 0 Å². The molecule has 3 nitrogen and oxygen atoms in total. The van der Waals surface area contributed by atoms with E-state index >= 15 is 0 Å². The number of rotatable bonds is 2. The van der Waals surface area contributed by atoms with Crippen LogP contribution in [-0.2, 0) is 0 Å². The topological polar surface area (TPSA) is 42.0 Å². The van der Waals surface area contributed by atoms with E-state index in [0.717, 1.165) is 12.8 Å². The van der Waals surface area contributed by atoms with Gasteiger partial charge in [0.1, 0.15) is 5.69 Å². The molecular weight excluding hydrogens is 247 g/mol. The van der Waals surface area contributed by atoms with E-state index in [9.17, 15) is 4.79 Å². The average Bonchev–Trinajstić information content (AvgIpc) is 2.70. The quantitative estimate of drug-likeness (QED) is 0.886. The van der Waals surface area contributed by atoms with E-state index in [4.69, 9.17) is 23.2 Å². The molecule has 5 heteroatoms. The Morgan fingerprint density at radius 2 is 2.06 bits per heavy atom. The first-order valence-corrected chi connectivity index (χ1v) is 6.04. The van der Waals surface area contributed by atoms with Crippen LogP contribution in [0, 0.1) is 0 Å². The molecule has 0 unspecified atom stereocenters. The Morgan fingerprint density at radius 1 is 1.38 bits per heavy atom. The van der Waals surface area contributed by atoms with Gasteiger partial charge in [-0.05, 0) is 18.9 Å². The van der Waals surface area contributed by atoms with Crippen LogP contribution in [0.5, 0.6) is 0 Å². The smallest absolute Gasteiger partial charge is 0.271 e. The number of pyridine rings is 1. The molecule has 1 N–H and O–H groups in total. The van der Waals surface area contributed by atoms with E-state index in [1.165, 1.54) is 25.1 Å². The summed E-state index contributed by atoms with van der Waals surface area (Å²) in [5.74, 6) is -0.214. The third-order valence-corrected chi connectivity index (χ3v) is 3.21. The zero-order valence-electron chi connectivity index (χ0n) is 8.67. The van der Waals surface area contributed by atoms with Crippen LogP contribution in [-0.4, -0.2) is 16.9 Å². The SMILES string of the molecule is O=C(NC1CCCC1)c1ncc(Cl)cc1Cl. The van der Waals surface area contributed by atoms with E-state index in [0.29, 0.717) is 10.0 Å². The summed E-state index contributed by atoms with van der Waals surface area (Å²) in [4.78, 5) is 15.8. The third-order valence-electron chi connectivity index (χ3n) is 2.71. The molecule has 16 heavy (non-hydrogen) atoms. The van der Waals surface area contributed by atoms with Gasteiger partial charge in [0.15, 0.2) is 0 Å². The molecule has 1 fully saturated rings. The molecule has 1 saturated carbocycles. The summed E-state index contributed by atoms with van der Waals surface area (Å²) < 4.78 is 0. The van der Waals surface area contributed by atoms with Gasteiger partial charge in [-0.3, -0.25) is 4.79 Å². The minimum atomic E-state index is -0.214. The van der Waals surface area contributed by atoms with Crippen molar-refractivity contribution in [2.45, 2.75) is 31.7 Å². The van der Waals surface area contributed by atoms with Crippen LogP contribution in [0.1, 0.15) is 36.2 Å². The molecule has 0 aliphatic heterocycles. The van der Waals surface area contributed by atoms with Gasteiger partial charge >= 0.3 is 0 Å². The fourth-order valence-corrected chi connectivity index (χ4v) is 2.37. The Bertz CT molecular complexity index is 403. The van der Waals surface area contributed by atoms with Crippen LogP contribution in [0.2, 0.25) is 10.0 Å². The van der Waals surface area contributed by atoms with Crippen LogP contribution in [0.3, 0.4) is 0 Å². The standard InChI is InChI=1S/C11H12Cl2N2O/c12-7-5-9(13)10(14-6-7)11(16)15-8-3-1-2-4-8/h5-6,8H,1-4H2,(H,15,16). The molecule has 1 aliphatic rings. The molecule has 1 amide bonds. The number of aromatic nitrogens is 1. The summed E-state index contributed by atoms with van der Waals surface area (Å²) in [6.07, 6.45) is 5.85. The summed E-state index contributed by atoms with van der Waals surface area (Å²) >= 11 is 11.6. The zero-order valence-corrected chi connectivity index (χ0v) is 10.2. The number of amides is 1. The molecule has 86 valence electrons. The van der Waals surface area contributed by atoms with Gasteiger partial charge in [0, 0.05) is 12.2 Å². The minimum Gasteiger partial charge on any atom is -0.348 e. The second-order valence-electron chi connectivity index (χ2n) is 3.94. The van der Waals surface area contributed by atoms with Gasteiger partial charge in [-0.1, -0.05) is 36.0 Å². The summed E-state index contributed by atoms with van der Waals surface area (Å²) in [6.45, 7) is 0. The van der Waals surface area contributed by atoms with E-state index < -0.39 is 0 Å². The Morgan fingerprint density at radius 3 is 2.69 bits per heavy atom. The zero-order chi connectivity index (χ0) is 11.5. The number of hydrogen-bond donors (Lipinski definition) is 1. The van der Waals surface area contributed by atoms with E-state index in [-0.39, 0.29) is 17.6 Å². The molecule has 0 bridgehead atoms. The van der Waals surface area contributed by atoms with Crippen molar-refractivity contribution in [1.82, 2.24) is 10.3 Å². The maximum absolute atomic E-state index is 11.8. The summed E-state index contributed by atoms with van der Waals surface area (Å²) in [7, 11) is 0. The van der Waals surface area contributed by atoms with Gasteiger partial charge in [-0.25, -0.2) is 4.98 Å². The van der Waals surface area contributed by atoms with Gasteiger partial charge in [0.05, 0.1) is 10.0 Å². The first-order valence-electron chi connectivity index (χ1n) is 5.29. The van der Waals surface area contributed by atoms with Crippen molar-refractivity contribution in [2.24, 2.45) is 0 Å². The van der Waals surface area contributed by atoms with E-state index in [1.807, 2.05) is 0 Å². The first kappa shape index (κ1) is 11.7. The first-order chi connectivity index (χ1) is 7.66. The number of carbonyl (C=O) groups excluding carboxylic acids is 1. The lowest BCUT2D eigenvalue weighted by Gasteiger charge is -2.11. The molecule has 1 heterocycles. The number of carbonyl (C=O) groups is 1. The lowest BCUT2D eigenvalue weighted by atomic mass is 10.2. The van der Waals surface area contributed by atoms with Crippen molar-refractivity contribution < 1.29 is 4.79 Å². The molecule has 0 radical (unpaired) electrons. The number of halogens is 2. The van der Waals surface area contributed by atoms with Crippen molar-refractivity contribution in [3.63, 3.8) is 0 Å². The van der Waals surface area contributed by atoms with Crippen molar-refractivity contribution in [3.05, 3.63) is 28.0 Å². The fraction of sp³-hybridized carbons (Fsp3) is 0.455. The van der Waals surface area contributed by atoms with Crippen LogP contribution in [0.4, 0.5) is 0 Å². The van der Waals surface area contributed by atoms with Gasteiger partial charge < -0.3 is 5.32 Å². The fourth-order valence-electron chi connectivity index (χ4n) is 1.91. The highest BCUT2D eigenvalue weighted by atomic mass is 35.5. The second-order valence-corrected chi connectivity index (χ2v) is 4.78. The van der Waals surface area contributed by atoms with Crippen LogP contribution in [0.15, 0.2) is 12.3 Å². The van der Waals surface area contributed by atoms with Crippen LogP contribution >= 0.6 is 23.2 Å². The van der Waals surface area contributed by atoms with Gasteiger partial charge in [-0.15, -0.1) is 0 Å². The number of nitrogens with one attached hydrogen (secondary N) is 1. The van der Waals surface area contributed by atoms with Gasteiger partial charge in [0.25, 0.3) is 5.91 Å². The molecule has 1 aromatic heterocycles. The predicted molar refractivity (Wildman–Crippen MR) is 64.0 cm³/mol. The third kappa shape index (κ3) is 2.66. The molecule has 0 atom stereocenters. The maximum atomic E-state index is 11.8. The van der Waals surface area contributed by atoms with Crippen molar-refractivity contribution >= 4 is 29.1 Å². The lowest BCUT2D eigenvalue weighted by Crippen LogP contribution is -2.33. The normalized spacial score (nSPS) is 16.4. The molecule has 2 rings (SSSR count). The Hall–Kier alpha value is -0.800. The van der Waals surface area contributed by atoms with Crippen molar-refractivity contribution in [3.8, 4) is 0 Å². The largest absolute Gasteiger partial charge is 0.348 e.